The van der Waals surface area contributed by atoms with E-state index in [4.69, 9.17) is 4.74 Å². The van der Waals surface area contributed by atoms with Gasteiger partial charge in [-0.25, -0.2) is 13.2 Å². The summed E-state index contributed by atoms with van der Waals surface area (Å²) in [5, 5.41) is 10.1. The normalized spacial score (nSPS) is 12.3. The Labute approximate surface area is 121 Å². The van der Waals surface area contributed by atoms with Gasteiger partial charge in [0.05, 0.1) is 11.6 Å². The quantitative estimate of drug-likeness (QED) is 0.852. The maximum atomic E-state index is 13.9. The van der Waals surface area contributed by atoms with E-state index in [1.807, 2.05) is 0 Å². The zero-order valence-corrected chi connectivity index (χ0v) is 11.9. The summed E-state index contributed by atoms with van der Waals surface area (Å²) < 4.78 is 44.9. The van der Waals surface area contributed by atoms with Crippen LogP contribution in [0, 0.1) is 17.5 Å². The Morgan fingerprint density at radius 1 is 1.05 bits per heavy atom. The van der Waals surface area contributed by atoms with Crippen molar-refractivity contribution in [3.8, 4) is 5.75 Å². The largest absolute Gasteiger partial charge is 0.497 e. The van der Waals surface area contributed by atoms with Crippen LogP contribution in [-0.4, -0.2) is 12.2 Å². The first-order valence-electron chi connectivity index (χ1n) is 5.60. The molecule has 0 saturated carbocycles. The third-order valence-electron chi connectivity index (χ3n) is 2.86. The average Bonchev–Trinajstić information content (AvgIpc) is 2.44. The van der Waals surface area contributed by atoms with E-state index in [0.29, 0.717) is 5.75 Å². The molecule has 0 heterocycles. The van der Waals surface area contributed by atoms with Crippen molar-refractivity contribution in [1.29, 1.82) is 0 Å². The molecule has 0 spiro atoms. The second-order valence-electron chi connectivity index (χ2n) is 4.05. The third kappa shape index (κ3) is 2.66. The average molecular weight is 347 g/mol. The van der Waals surface area contributed by atoms with Crippen LogP contribution in [0.15, 0.2) is 34.8 Å². The van der Waals surface area contributed by atoms with Gasteiger partial charge in [-0.15, -0.1) is 0 Å². The Bertz CT molecular complexity index is 647. The van der Waals surface area contributed by atoms with E-state index >= 15 is 0 Å². The minimum atomic E-state index is -1.43. The van der Waals surface area contributed by atoms with E-state index in [9.17, 15) is 18.3 Å². The molecule has 0 aliphatic carbocycles. The van der Waals surface area contributed by atoms with E-state index in [1.165, 1.54) is 25.3 Å². The fourth-order valence-corrected chi connectivity index (χ4v) is 2.31. The second-order valence-corrected chi connectivity index (χ2v) is 4.85. The van der Waals surface area contributed by atoms with Crippen molar-refractivity contribution in [3.63, 3.8) is 0 Å². The fraction of sp³-hybridized carbons (Fsp3) is 0.143. The van der Waals surface area contributed by atoms with Crippen LogP contribution >= 0.6 is 15.9 Å². The molecule has 0 bridgehead atoms. The number of aliphatic hydroxyl groups is 1. The molecule has 6 heteroatoms. The summed E-state index contributed by atoms with van der Waals surface area (Å²) in [5.74, 6) is -2.59. The first-order valence-corrected chi connectivity index (χ1v) is 6.40. The predicted molar refractivity (Wildman–Crippen MR) is 71.1 cm³/mol. The number of hydrogen-bond acceptors (Lipinski definition) is 2. The molecule has 0 aliphatic rings. The molecule has 2 aromatic carbocycles. The van der Waals surface area contributed by atoms with Crippen LogP contribution in [0.4, 0.5) is 13.2 Å². The summed E-state index contributed by atoms with van der Waals surface area (Å²) in [6.45, 7) is 0. The molecular formula is C14H10BrF3O2. The monoisotopic (exact) mass is 346 g/mol. The first kappa shape index (κ1) is 14.9. The fourth-order valence-electron chi connectivity index (χ4n) is 1.78. The Balaban J connectivity index is 2.46. The highest BCUT2D eigenvalue weighted by atomic mass is 79.9. The van der Waals surface area contributed by atoms with E-state index in [1.54, 1.807) is 0 Å². The van der Waals surface area contributed by atoms with Gasteiger partial charge in [0.2, 0.25) is 0 Å². The van der Waals surface area contributed by atoms with Gasteiger partial charge in [0, 0.05) is 17.2 Å². The summed E-state index contributed by atoms with van der Waals surface area (Å²) in [5.41, 5.74) is -0.0227. The highest BCUT2D eigenvalue weighted by Gasteiger charge is 2.21. The van der Waals surface area contributed by atoms with Gasteiger partial charge in [-0.2, -0.15) is 0 Å². The topological polar surface area (TPSA) is 29.5 Å². The highest BCUT2D eigenvalue weighted by Crippen LogP contribution is 2.33. The molecule has 1 N–H and O–H groups in total. The lowest BCUT2D eigenvalue weighted by Crippen LogP contribution is -2.05. The van der Waals surface area contributed by atoms with Crippen molar-refractivity contribution in [2.45, 2.75) is 6.10 Å². The minimum absolute atomic E-state index is 0.0352. The molecule has 0 fully saturated rings. The molecule has 0 amide bonds. The van der Waals surface area contributed by atoms with Crippen LogP contribution in [0.25, 0.3) is 0 Å². The Morgan fingerprint density at radius 3 is 2.30 bits per heavy atom. The van der Waals surface area contributed by atoms with Crippen LogP contribution in [0.1, 0.15) is 17.2 Å². The lowest BCUT2D eigenvalue weighted by Gasteiger charge is -2.15. The summed E-state index contributed by atoms with van der Waals surface area (Å²) in [7, 11) is 1.39. The number of halogens is 4. The number of methoxy groups -OCH3 is 1. The van der Waals surface area contributed by atoms with Crippen LogP contribution in [0.2, 0.25) is 0 Å². The number of benzene rings is 2. The SMILES string of the molecule is COc1ccc(C(O)c2ccc(F)c(F)c2Br)c(F)c1. The van der Waals surface area contributed by atoms with Crippen molar-refractivity contribution in [1.82, 2.24) is 0 Å². The van der Waals surface area contributed by atoms with Gasteiger partial charge in [-0.1, -0.05) is 6.07 Å². The number of aliphatic hydroxyl groups excluding tert-OH is 1. The Hall–Kier alpha value is -1.53. The van der Waals surface area contributed by atoms with Gasteiger partial charge < -0.3 is 9.84 Å². The van der Waals surface area contributed by atoms with Crippen LogP contribution < -0.4 is 4.74 Å². The van der Waals surface area contributed by atoms with Crippen LogP contribution in [0.5, 0.6) is 5.75 Å². The van der Waals surface area contributed by atoms with Crippen LogP contribution in [-0.2, 0) is 0 Å². The lowest BCUT2D eigenvalue weighted by atomic mass is 10.0. The number of hydrogen-bond donors (Lipinski definition) is 1. The third-order valence-corrected chi connectivity index (χ3v) is 3.67. The molecule has 0 aliphatic heterocycles. The van der Waals surface area contributed by atoms with E-state index in [2.05, 4.69) is 15.9 Å². The molecular weight excluding hydrogens is 337 g/mol. The lowest BCUT2D eigenvalue weighted by molar-refractivity contribution is 0.213. The van der Waals surface area contributed by atoms with Crippen molar-refractivity contribution in [2.75, 3.05) is 7.11 Å². The molecule has 20 heavy (non-hydrogen) atoms. The molecule has 1 atom stereocenters. The molecule has 0 radical (unpaired) electrons. The van der Waals surface area contributed by atoms with E-state index in [0.717, 1.165) is 12.1 Å². The molecule has 0 aromatic heterocycles. The molecule has 1 unspecified atom stereocenters. The maximum Gasteiger partial charge on any atom is 0.173 e. The summed E-state index contributed by atoms with van der Waals surface area (Å²) in [4.78, 5) is 0. The Morgan fingerprint density at radius 2 is 1.70 bits per heavy atom. The number of rotatable bonds is 3. The zero-order valence-electron chi connectivity index (χ0n) is 10.3. The van der Waals surface area contributed by atoms with Gasteiger partial charge in [-0.3, -0.25) is 0 Å². The molecule has 2 nitrogen and oxygen atoms in total. The molecule has 106 valence electrons. The zero-order chi connectivity index (χ0) is 14.9. The molecule has 2 rings (SSSR count). The van der Waals surface area contributed by atoms with Crippen molar-refractivity contribution < 1.29 is 23.0 Å². The minimum Gasteiger partial charge on any atom is -0.497 e. The van der Waals surface area contributed by atoms with Gasteiger partial charge in [0.1, 0.15) is 17.7 Å². The van der Waals surface area contributed by atoms with E-state index in [-0.39, 0.29) is 15.6 Å². The standard InChI is InChI=1S/C14H10BrF3O2/c1-20-7-2-3-8(11(17)6-7)14(19)9-4-5-10(16)13(18)12(9)15/h2-6,14,19H,1H3. The Kier molecular flexibility index (Phi) is 4.35. The van der Waals surface area contributed by atoms with Gasteiger partial charge in [0.15, 0.2) is 11.6 Å². The smallest absolute Gasteiger partial charge is 0.173 e. The van der Waals surface area contributed by atoms with Crippen molar-refractivity contribution >= 4 is 15.9 Å². The molecule has 0 saturated heterocycles. The summed E-state index contributed by atoms with van der Waals surface area (Å²) in [6, 6.07) is 5.96. The van der Waals surface area contributed by atoms with Gasteiger partial charge in [-0.05, 0) is 34.1 Å². The summed E-state index contributed by atoms with van der Waals surface area (Å²) >= 11 is 2.86. The van der Waals surface area contributed by atoms with Crippen molar-refractivity contribution in [2.24, 2.45) is 0 Å². The van der Waals surface area contributed by atoms with E-state index < -0.39 is 23.6 Å². The van der Waals surface area contributed by atoms with Gasteiger partial charge >= 0.3 is 0 Å². The van der Waals surface area contributed by atoms with Gasteiger partial charge in [0.25, 0.3) is 0 Å². The van der Waals surface area contributed by atoms with Crippen molar-refractivity contribution in [3.05, 3.63) is 63.4 Å². The number of ether oxygens (including phenoxy) is 1. The highest BCUT2D eigenvalue weighted by molar-refractivity contribution is 9.10. The summed E-state index contributed by atoms with van der Waals surface area (Å²) in [6.07, 6.45) is -1.43. The predicted octanol–water partition coefficient (Wildman–Crippen LogP) is 3.96. The maximum absolute atomic E-state index is 13.9. The second kappa shape index (κ2) is 5.85. The van der Waals surface area contributed by atoms with Crippen LogP contribution in [0.3, 0.4) is 0 Å². The first-order chi connectivity index (χ1) is 9.45. The molecule has 2 aromatic rings.